The van der Waals surface area contributed by atoms with Gasteiger partial charge in [-0.1, -0.05) is 46.3 Å². The maximum Gasteiger partial charge on any atom is 0.279 e. The Morgan fingerprint density at radius 1 is 1.14 bits per heavy atom. The molecule has 3 nitrogen and oxygen atoms in total. The zero-order chi connectivity index (χ0) is 15.5. The third-order valence-corrected chi connectivity index (χ3v) is 4.67. The van der Waals surface area contributed by atoms with Gasteiger partial charge in [-0.2, -0.15) is 4.99 Å². The average molecular weight is 373 g/mol. The first kappa shape index (κ1) is 14.9. The number of nitrogens with zero attached hydrogens (tertiary/aromatic N) is 2. The largest absolute Gasteiger partial charge is 0.319 e. The summed E-state index contributed by atoms with van der Waals surface area (Å²) in [6, 6.07) is 17.2. The number of benzene rings is 2. The molecule has 0 radical (unpaired) electrons. The van der Waals surface area contributed by atoms with Crippen molar-refractivity contribution < 1.29 is 4.79 Å². The van der Waals surface area contributed by atoms with E-state index >= 15 is 0 Å². The Balaban J connectivity index is 2.00. The molecule has 0 saturated carbocycles. The molecule has 0 atom stereocenters. The molecule has 0 aliphatic heterocycles. The number of carbonyl (C=O) groups is 1. The first-order chi connectivity index (χ1) is 10.6. The molecule has 2 aromatic carbocycles. The zero-order valence-corrected chi connectivity index (χ0v) is 14.3. The molecule has 0 aliphatic rings. The molecule has 3 rings (SSSR count). The summed E-state index contributed by atoms with van der Waals surface area (Å²) in [5.74, 6) is -0.223. The Hall–Kier alpha value is -1.98. The highest BCUT2D eigenvalue weighted by molar-refractivity contribution is 9.10. The second-order valence-corrected chi connectivity index (χ2v) is 6.51. The van der Waals surface area contributed by atoms with Gasteiger partial charge in [0, 0.05) is 28.0 Å². The lowest BCUT2D eigenvalue weighted by Crippen LogP contribution is -2.14. The van der Waals surface area contributed by atoms with Gasteiger partial charge < -0.3 is 4.57 Å². The van der Waals surface area contributed by atoms with Gasteiger partial charge in [-0.05, 0) is 24.3 Å². The minimum absolute atomic E-state index is 0.223. The molecule has 0 saturated heterocycles. The van der Waals surface area contributed by atoms with Gasteiger partial charge in [-0.3, -0.25) is 4.79 Å². The summed E-state index contributed by atoms with van der Waals surface area (Å²) in [5.41, 5.74) is 2.72. The van der Waals surface area contributed by atoms with Gasteiger partial charge in [0.2, 0.25) is 0 Å². The van der Waals surface area contributed by atoms with Crippen LogP contribution >= 0.6 is 27.3 Å². The fourth-order valence-corrected chi connectivity index (χ4v) is 3.42. The Kier molecular flexibility index (Phi) is 4.36. The minimum Gasteiger partial charge on any atom is -0.319 e. The molecule has 3 aromatic rings. The SMILES string of the molecule is Cn1c(-c2cccc(Br)c2)cs/c1=N/C(=O)c1ccccc1. The number of amides is 1. The number of hydrogen-bond donors (Lipinski definition) is 0. The number of carbonyl (C=O) groups excluding carboxylic acids is 1. The molecule has 1 amide bonds. The molecule has 0 aliphatic carbocycles. The van der Waals surface area contributed by atoms with Gasteiger partial charge in [-0.25, -0.2) is 0 Å². The number of rotatable bonds is 2. The van der Waals surface area contributed by atoms with E-state index in [0.29, 0.717) is 10.4 Å². The fraction of sp³-hybridized carbons (Fsp3) is 0.0588. The highest BCUT2D eigenvalue weighted by atomic mass is 79.9. The number of thiazole rings is 1. The van der Waals surface area contributed by atoms with Crippen LogP contribution in [0.2, 0.25) is 0 Å². The Morgan fingerprint density at radius 3 is 2.64 bits per heavy atom. The predicted molar refractivity (Wildman–Crippen MR) is 92.8 cm³/mol. The van der Waals surface area contributed by atoms with Gasteiger partial charge in [0.15, 0.2) is 4.80 Å². The van der Waals surface area contributed by atoms with Crippen molar-refractivity contribution >= 4 is 33.2 Å². The Bertz CT molecular complexity index is 881. The van der Waals surface area contributed by atoms with Crippen LogP contribution in [0.1, 0.15) is 10.4 Å². The van der Waals surface area contributed by atoms with Crippen LogP contribution in [0.3, 0.4) is 0 Å². The van der Waals surface area contributed by atoms with Gasteiger partial charge in [-0.15, -0.1) is 11.3 Å². The van der Waals surface area contributed by atoms with E-state index in [-0.39, 0.29) is 5.91 Å². The standard InChI is InChI=1S/C17H13BrN2OS/c1-20-15(13-8-5-9-14(18)10-13)11-22-17(20)19-16(21)12-6-3-2-4-7-12/h2-11H,1H3/b19-17+. The van der Waals surface area contributed by atoms with Gasteiger partial charge in [0.1, 0.15) is 0 Å². The molecule has 0 bridgehead atoms. The summed E-state index contributed by atoms with van der Waals surface area (Å²) in [6.45, 7) is 0. The third-order valence-electron chi connectivity index (χ3n) is 3.26. The maximum absolute atomic E-state index is 12.2. The first-order valence-corrected chi connectivity index (χ1v) is 8.37. The smallest absolute Gasteiger partial charge is 0.279 e. The second-order valence-electron chi connectivity index (χ2n) is 4.76. The predicted octanol–water partition coefficient (Wildman–Crippen LogP) is 4.26. The fourth-order valence-electron chi connectivity index (χ4n) is 2.11. The lowest BCUT2D eigenvalue weighted by molar-refractivity contribution is 0.0998. The van der Waals surface area contributed by atoms with E-state index in [9.17, 15) is 4.79 Å². The van der Waals surface area contributed by atoms with Crippen LogP contribution < -0.4 is 4.80 Å². The van der Waals surface area contributed by atoms with Crippen molar-refractivity contribution in [2.45, 2.75) is 0 Å². The third kappa shape index (κ3) is 3.10. The van der Waals surface area contributed by atoms with Crippen molar-refractivity contribution in [1.82, 2.24) is 4.57 Å². The van der Waals surface area contributed by atoms with Crippen LogP contribution in [0.5, 0.6) is 0 Å². The van der Waals surface area contributed by atoms with E-state index in [1.165, 1.54) is 11.3 Å². The molecular weight excluding hydrogens is 360 g/mol. The average Bonchev–Trinajstić information content (AvgIpc) is 2.89. The van der Waals surface area contributed by atoms with Crippen molar-refractivity contribution in [3.05, 3.63) is 74.8 Å². The Labute approximate surface area is 140 Å². The summed E-state index contributed by atoms with van der Waals surface area (Å²) in [4.78, 5) is 17.1. The van der Waals surface area contributed by atoms with Crippen molar-refractivity contribution in [3.8, 4) is 11.3 Å². The molecule has 5 heteroatoms. The summed E-state index contributed by atoms with van der Waals surface area (Å²) in [7, 11) is 1.92. The molecule has 22 heavy (non-hydrogen) atoms. The quantitative estimate of drug-likeness (QED) is 0.661. The van der Waals surface area contributed by atoms with Crippen LogP contribution in [0.4, 0.5) is 0 Å². The van der Waals surface area contributed by atoms with Crippen LogP contribution in [0.25, 0.3) is 11.3 Å². The van der Waals surface area contributed by atoms with Gasteiger partial charge in [0.25, 0.3) is 5.91 Å². The van der Waals surface area contributed by atoms with Crippen molar-refractivity contribution in [2.24, 2.45) is 12.0 Å². The number of halogens is 1. The van der Waals surface area contributed by atoms with E-state index in [0.717, 1.165) is 15.7 Å². The molecule has 1 heterocycles. The highest BCUT2D eigenvalue weighted by Crippen LogP contribution is 2.22. The summed E-state index contributed by atoms with van der Waals surface area (Å²) < 4.78 is 2.96. The topological polar surface area (TPSA) is 34.4 Å². The van der Waals surface area contributed by atoms with Crippen LogP contribution in [-0.2, 0) is 7.05 Å². The van der Waals surface area contributed by atoms with Crippen molar-refractivity contribution in [1.29, 1.82) is 0 Å². The molecule has 0 N–H and O–H groups in total. The molecule has 1 aromatic heterocycles. The summed E-state index contributed by atoms with van der Waals surface area (Å²) >= 11 is 4.94. The monoisotopic (exact) mass is 372 g/mol. The van der Waals surface area contributed by atoms with Crippen molar-refractivity contribution in [3.63, 3.8) is 0 Å². The molecule has 110 valence electrons. The van der Waals surface area contributed by atoms with Gasteiger partial charge >= 0.3 is 0 Å². The molecule has 0 fully saturated rings. The molecule has 0 unspecified atom stereocenters. The number of hydrogen-bond acceptors (Lipinski definition) is 2. The number of aromatic nitrogens is 1. The summed E-state index contributed by atoms with van der Waals surface area (Å²) in [6.07, 6.45) is 0. The second kappa shape index (κ2) is 6.42. The zero-order valence-electron chi connectivity index (χ0n) is 11.9. The van der Waals surface area contributed by atoms with E-state index in [4.69, 9.17) is 0 Å². The summed E-state index contributed by atoms with van der Waals surface area (Å²) in [5, 5.41) is 2.01. The normalized spacial score (nSPS) is 11.6. The van der Waals surface area contributed by atoms with E-state index < -0.39 is 0 Å². The van der Waals surface area contributed by atoms with Crippen molar-refractivity contribution in [2.75, 3.05) is 0 Å². The van der Waals surface area contributed by atoms with E-state index in [1.807, 2.05) is 59.5 Å². The van der Waals surface area contributed by atoms with Gasteiger partial charge in [0.05, 0.1) is 5.69 Å². The lowest BCUT2D eigenvalue weighted by Gasteiger charge is -2.03. The van der Waals surface area contributed by atoms with E-state index in [2.05, 4.69) is 20.9 Å². The van der Waals surface area contributed by atoms with Crippen LogP contribution in [-0.4, -0.2) is 10.5 Å². The van der Waals surface area contributed by atoms with E-state index in [1.54, 1.807) is 12.1 Å². The molecular formula is C17H13BrN2OS. The maximum atomic E-state index is 12.2. The highest BCUT2D eigenvalue weighted by Gasteiger charge is 2.07. The minimum atomic E-state index is -0.223. The van der Waals surface area contributed by atoms with Crippen LogP contribution in [0.15, 0.2) is 69.4 Å². The first-order valence-electron chi connectivity index (χ1n) is 6.70. The Morgan fingerprint density at radius 2 is 1.91 bits per heavy atom. The lowest BCUT2D eigenvalue weighted by atomic mass is 10.2. The van der Waals surface area contributed by atoms with Crippen LogP contribution in [0, 0.1) is 0 Å². The molecule has 0 spiro atoms.